The van der Waals surface area contributed by atoms with E-state index in [4.69, 9.17) is 11.6 Å². The maximum Gasteiger partial charge on any atom is 0.268 e. The van der Waals surface area contributed by atoms with Gasteiger partial charge in [0.25, 0.3) is 5.24 Å². The quantitative estimate of drug-likeness (QED) is 0.532. The van der Waals surface area contributed by atoms with Gasteiger partial charge in [-0.3, -0.25) is 4.79 Å². The van der Waals surface area contributed by atoms with Crippen molar-refractivity contribution in [2.45, 2.75) is 18.9 Å². The van der Waals surface area contributed by atoms with E-state index in [2.05, 4.69) is 4.90 Å². The normalized spacial score (nSPS) is 29.1. The van der Waals surface area contributed by atoms with Crippen LogP contribution in [0.5, 0.6) is 0 Å². The number of carbonyl (C=O) groups is 1. The zero-order chi connectivity index (χ0) is 7.14. The minimum atomic E-state index is -0.304. The van der Waals surface area contributed by atoms with Gasteiger partial charge in [0.15, 0.2) is 0 Å². The summed E-state index contributed by atoms with van der Waals surface area (Å²) in [5.41, 5.74) is 0.720. The number of fused-ring (bicyclic) bond motifs is 1. The summed E-state index contributed by atoms with van der Waals surface area (Å²) in [6, 6.07) is 0.595. The van der Waals surface area contributed by atoms with E-state index in [0.29, 0.717) is 6.04 Å². The van der Waals surface area contributed by atoms with E-state index in [0.717, 1.165) is 18.7 Å². The Morgan fingerprint density at radius 1 is 1.80 bits per heavy atom. The highest BCUT2D eigenvalue weighted by atomic mass is 35.5. The summed E-state index contributed by atoms with van der Waals surface area (Å²) in [7, 11) is 0. The standard InChI is InChI=1S/C7H8ClNO/c8-7(10)6-2-1-5-3-4-9(5)6/h2,5H,1,3-4H2. The predicted octanol–water partition coefficient (Wildman–Crippen LogP) is 1.11. The molecule has 1 fully saturated rings. The molecule has 0 aromatic heterocycles. The fraction of sp³-hybridized carbons (Fsp3) is 0.571. The van der Waals surface area contributed by atoms with Crippen LogP contribution in [0.25, 0.3) is 0 Å². The number of allylic oxidation sites excluding steroid dienone is 1. The Morgan fingerprint density at radius 3 is 2.90 bits per heavy atom. The van der Waals surface area contributed by atoms with Crippen LogP contribution in [0.4, 0.5) is 0 Å². The van der Waals surface area contributed by atoms with Crippen LogP contribution in [-0.4, -0.2) is 22.7 Å². The van der Waals surface area contributed by atoms with Gasteiger partial charge < -0.3 is 4.90 Å². The largest absolute Gasteiger partial charge is 0.364 e. The molecule has 0 aromatic rings. The molecule has 2 rings (SSSR count). The second-order valence-corrected chi connectivity index (χ2v) is 3.08. The van der Waals surface area contributed by atoms with Crippen LogP contribution in [0.2, 0.25) is 0 Å². The Kier molecular flexibility index (Phi) is 1.24. The summed E-state index contributed by atoms with van der Waals surface area (Å²) in [6.45, 7) is 1.01. The Morgan fingerprint density at radius 2 is 2.60 bits per heavy atom. The summed E-state index contributed by atoms with van der Waals surface area (Å²) >= 11 is 5.33. The Labute approximate surface area is 64.5 Å². The van der Waals surface area contributed by atoms with Gasteiger partial charge >= 0.3 is 0 Å². The van der Waals surface area contributed by atoms with Gasteiger partial charge in [0, 0.05) is 12.6 Å². The zero-order valence-corrected chi connectivity index (χ0v) is 6.27. The second kappa shape index (κ2) is 1.99. The van der Waals surface area contributed by atoms with Crippen molar-refractivity contribution >= 4 is 16.8 Å². The van der Waals surface area contributed by atoms with E-state index < -0.39 is 0 Å². The molecule has 1 atom stereocenters. The highest BCUT2D eigenvalue weighted by molar-refractivity contribution is 6.67. The first-order valence-corrected chi connectivity index (χ1v) is 3.83. The number of rotatable bonds is 1. The van der Waals surface area contributed by atoms with Crippen molar-refractivity contribution in [1.82, 2.24) is 4.90 Å². The smallest absolute Gasteiger partial charge is 0.268 e. The van der Waals surface area contributed by atoms with Crippen molar-refractivity contribution in [3.05, 3.63) is 11.8 Å². The average Bonchev–Trinajstić information content (AvgIpc) is 2.07. The summed E-state index contributed by atoms with van der Waals surface area (Å²) in [4.78, 5) is 12.8. The summed E-state index contributed by atoms with van der Waals surface area (Å²) < 4.78 is 0. The van der Waals surface area contributed by atoms with Gasteiger partial charge in [-0.2, -0.15) is 0 Å². The Bertz CT molecular complexity index is 212. The van der Waals surface area contributed by atoms with Crippen LogP contribution in [0.1, 0.15) is 12.8 Å². The molecule has 2 aliphatic heterocycles. The first-order chi connectivity index (χ1) is 4.79. The lowest BCUT2D eigenvalue weighted by molar-refractivity contribution is -0.110. The monoisotopic (exact) mass is 157 g/mol. The summed E-state index contributed by atoms with van der Waals surface area (Å²) in [5.74, 6) is 0. The van der Waals surface area contributed by atoms with Crippen molar-refractivity contribution in [2.75, 3.05) is 6.54 Å². The maximum absolute atomic E-state index is 10.7. The Balaban J connectivity index is 2.16. The van der Waals surface area contributed by atoms with Gasteiger partial charge in [-0.25, -0.2) is 0 Å². The molecule has 0 aromatic carbocycles. The molecule has 10 heavy (non-hydrogen) atoms. The third kappa shape index (κ3) is 0.686. The third-order valence-corrected chi connectivity index (χ3v) is 2.43. The highest BCUT2D eigenvalue weighted by Gasteiger charge is 2.35. The van der Waals surface area contributed by atoms with Gasteiger partial charge in [-0.15, -0.1) is 0 Å². The van der Waals surface area contributed by atoms with Gasteiger partial charge in [0.2, 0.25) is 0 Å². The molecule has 0 amide bonds. The number of nitrogens with zero attached hydrogens (tertiary/aromatic N) is 1. The summed E-state index contributed by atoms with van der Waals surface area (Å²) in [6.07, 6.45) is 4.16. The molecule has 0 aliphatic carbocycles. The summed E-state index contributed by atoms with van der Waals surface area (Å²) in [5, 5.41) is -0.304. The van der Waals surface area contributed by atoms with Crippen LogP contribution in [0.15, 0.2) is 11.8 Å². The van der Waals surface area contributed by atoms with E-state index in [1.165, 1.54) is 6.42 Å². The molecular weight excluding hydrogens is 150 g/mol. The molecule has 3 heteroatoms. The lowest BCUT2D eigenvalue weighted by Gasteiger charge is -2.38. The van der Waals surface area contributed by atoms with Crippen molar-refractivity contribution in [3.8, 4) is 0 Å². The molecule has 0 saturated carbocycles. The van der Waals surface area contributed by atoms with Gasteiger partial charge in [-0.1, -0.05) is 6.08 Å². The van der Waals surface area contributed by atoms with E-state index in [-0.39, 0.29) is 5.24 Å². The SMILES string of the molecule is O=C(Cl)C1=CCC2CCN12. The predicted molar refractivity (Wildman–Crippen MR) is 38.7 cm³/mol. The molecule has 1 unspecified atom stereocenters. The van der Waals surface area contributed by atoms with E-state index in [1.807, 2.05) is 6.08 Å². The van der Waals surface area contributed by atoms with Crippen LogP contribution in [0.3, 0.4) is 0 Å². The minimum absolute atomic E-state index is 0.304. The lowest BCUT2D eigenvalue weighted by atomic mass is 10.0. The molecule has 2 nitrogen and oxygen atoms in total. The van der Waals surface area contributed by atoms with E-state index in [1.54, 1.807) is 0 Å². The second-order valence-electron chi connectivity index (χ2n) is 2.73. The zero-order valence-electron chi connectivity index (χ0n) is 5.51. The van der Waals surface area contributed by atoms with Crippen LogP contribution < -0.4 is 0 Å². The molecule has 0 radical (unpaired) electrons. The van der Waals surface area contributed by atoms with Crippen molar-refractivity contribution < 1.29 is 4.79 Å². The fourth-order valence-electron chi connectivity index (χ4n) is 1.56. The molecule has 0 bridgehead atoms. The van der Waals surface area contributed by atoms with Gasteiger partial charge in [0.1, 0.15) is 0 Å². The van der Waals surface area contributed by atoms with Crippen LogP contribution in [0, 0.1) is 0 Å². The number of carbonyl (C=O) groups excluding carboxylic acids is 1. The van der Waals surface area contributed by atoms with Crippen molar-refractivity contribution in [2.24, 2.45) is 0 Å². The molecule has 0 spiro atoms. The molecule has 1 saturated heterocycles. The number of halogens is 1. The highest BCUT2D eigenvalue weighted by Crippen LogP contribution is 2.32. The third-order valence-electron chi connectivity index (χ3n) is 2.24. The van der Waals surface area contributed by atoms with Gasteiger partial charge in [0.05, 0.1) is 5.70 Å². The molecular formula is C7H8ClNO. The average molecular weight is 158 g/mol. The van der Waals surface area contributed by atoms with E-state index in [9.17, 15) is 4.79 Å². The van der Waals surface area contributed by atoms with Crippen LogP contribution >= 0.6 is 11.6 Å². The molecule has 2 aliphatic rings. The fourth-order valence-corrected chi connectivity index (χ4v) is 1.75. The Hall–Kier alpha value is -0.500. The van der Waals surface area contributed by atoms with Crippen molar-refractivity contribution in [3.63, 3.8) is 0 Å². The molecule has 2 heterocycles. The first kappa shape index (κ1) is 6.23. The van der Waals surface area contributed by atoms with E-state index >= 15 is 0 Å². The lowest BCUT2D eigenvalue weighted by Crippen LogP contribution is -2.43. The number of hydrogen-bond donors (Lipinski definition) is 0. The first-order valence-electron chi connectivity index (χ1n) is 3.45. The van der Waals surface area contributed by atoms with Crippen LogP contribution in [-0.2, 0) is 4.79 Å². The maximum atomic E-state index is 10.7. The topological polar surface area (TPSA) is 20.3 Å². The number of hydrogen-bond acceptors (Lipinski definition) is 2. The molecule has 54 valence electrons. The minimum Gasteiger partial charge on any atom is -0.364 e. The molecule has 0 N–H and O–H groups in total. The van der Waals surface area contributed by atoms with Crippen molar-refractivity contribution in [1.29, 1.82) is 0 Å². The van der Waals surface area contributed by atoms with Gasteiger partial charge in [-0.05, 0) is 24.4 Å².